The van der Waals surface area contributed by atoms with E-state index in [2.05, 4.69) is 15.7 Å². The molecule has 1 fully saturated rings. The fraction of sp³-hybridized carbons (Fsp3) is 0.211. The van der Waals surface area contributed by atoms with E-state index in [1.165, 1.54) is 18.3 Å². The standard InChI is InChI=1S/C19H17ClN4O5/c1-2-19(12-6-4-3-5-7-12)17(27)24(18(28)22-19)23-15(25)11-29-16(26)14-10-13(20)8-9-21-14/h3-10H,2,11H2,1H3,(H,22,28)(H,23,25)/t19-/m1/s1. The molecule has 1 atom stereocenters. The van der Waals surface area contributed by atoms with Gasteiger partial charge in [0.25, 0.3) is 11.8 Å². The van der Waals surface area contributed by atoms with Crippen molar-refractivity contribution >= 4 is 35.4 Å². The van der Waals surface area contributed by atoms with E-state index in [4.69, 9.17) is 16.3 Å². The number of amides is 4. The van der Waals surface area contributed by atoms with Gasteiger partial charge in [-0.25, -0.2) is 14.6 Å². The van der Waals surface area contributed by atoms with Crippen molar-refractivity contribution in [3.05, 3.63) is 64.9 Å². The maximum absolute atomic E-state index is 12.9. The number of urea groups is 1. The first-order chi connectivity index (χ1) is 13.9. The van der Waals surface area contributed by atoms with Gasteiger partial charge in [-0.1, -0.05) is 48.9 Å². The molecule has 1 saturated heterocycles. The summed E-state index contributed by atoms with van der Waals surface area (Å²) in [7, 11) is 0. The van der Waals surface area contributed by atoms with Gasteiger partial charge >= 0.3 is 12.0 Å². The Labute approximate surface area is 171 Å². The maximum Gasteiger partial charge on any atom is 0.357 e. The molecule has 9 nitrogen and oxygen atoms in total. The van der Waals surface area contributed by atoms with Gasteiger partial charge in [0.1, 0.15) is 11.2 Å². The second-order valence-electron chi connectivity index (χ2n) is 6.17. The Morgan fingerprint density at radius 3 is 2.62 bits per heavy atom. The van der Waals surface area contributed by atoms with Crippen LogP contribution in [-0.4, -0.2) is 40.4 Å². The zero-order valence-electron chi connectivity index (χ0n) is 15.3. The predicted molar refractivity (Wildman–Crippen MR) is 101 cm³/mol. The largest absolute Gasteiger partial charge is 0.451 e. The van der Waals surface area contributed by atoms with Gasteiger partial charge < -0.3 is 10.1 Å². The first-order valence-electron chi connectivity index (χ1n) is 8.68. The number of halogens is 1. The predicted octanol–water partition coefficient (Wildman–Crippen LogP) is 1.78. The van der Waals surface area contributed by atoms with Crippen LogP contribution in [0.4, 0.5) is 4.79 Å². The molecule has 1 aromatic carbocycles. The summed E-state index contributed by atoms with van der Waals surface area (Å²) >= 11 is 5.77. The summed E-state index contributed by atoms with van der Waals surface area (Å²) < 4.78 is 4.85. The molecule has 2 aromatic rings. The topological polar surface area (TPSA) is 118 Å². The van der Waals surface area contributed by atoms with Crippen molar-refractivity contribution in [3.63, 3.8) is 0 Å². The van der Waals surface area contributed by atoms with E-state index >= 15 is 0 Å². The molecule has 0 bridgehead atoms. The average molecular weight is 417 g/mol. The van der Waals surface area contributed by atoms with Crippen LogP contribution in [0, 0.1) is 0 Å². The Hall–Kier alpha value is -3.46. The van der Waals surface area contributed by atoms with Crippen molar-refractivity contribution in [2.24, 2.45) is 0 Å². The molecule has 0 spiro atoms. The van der Waals surface area contributed by atoms with E-state index in [-0.39, 0.29) is 17.1 Å². The quantitative estimate of drug-likeness (QED) is 0.547. The second kappa shape index (κ2) is 8.27. The van der Waals surface area contributed by atoms with E-state index in [9.17, 15) is 19.2 Å². The summed E-state index contributed by atoms with van der Waals surface area (Å²) in [5, 5.41) is 3.50. The van der Waals surface area contributed by atoms with Crippen molar-refractivity contribution in [1.29, 1.82) is 0 Å². The number of hydrazine groups is 1. The highest BCUT2D eigenvalue weighted by molar-refractivity contribution is 6.30. The number of nitrogens with one attached hydrogen (secondary N) is 2. The molecule has 1 aliphatic rings. The van der Waals surface area contributed by atoms with Crippen LogP contribution >= 0.6 is 11.6 Å². The maximum atomic E-state index is 12.9. The Morgan fingerprint density at radius 1 is 1.24 bits per heavy atom. The summed E-state index contributed by atoms with van der Waals surface area (Å²) in [6, 6.07) is 10.7. The van der Waals surface area contributed by atoms with Crippen molar-refractivity contribution in [1.82, 2.24) is 20.7 Å². The van der Waals surface area contributed by atoms with Gasteiger partial charge in [-0.05, 0) is 24.1 Å². The normalized spacial score (nSPS) is 18.3. The molecule has 0 aliphatic carbocycles. The Bertz CT molecular complexity index is 968. The molecule has 0 saturated carbocycles. The molecular formula is C19H17ClN4O5. The molecule has 2 heterocycles. The number of rotatable bonds is 6. The van der Waals surface area contributed by atoms with Gasteiger partial charge in [0, 0.05) is 11.2 Å². The monoisotopic (exact) mass is 416 g/mol. The minimum atomic E-state index is -1.28. The molecule has 150 valence electrons. The fourth-order valence-electron chi connectivity index (χ4n) is 2.92. The number of pyridine rings is 1. The lowest BCUT2D eigenvalue weighted by Gasteiger charge is -2.25. The molecule has 0 radical (unpaired) electrons. The van der Waals surface area contributed by atoms with E-state index < -0.39 is 36.0 Å². The molecule has 4 amide bonds. The van der Waals surface area contributed by atoms with Crippen molar-refractivity contribution < 1.29 is 23.9 Å². The summed E-state index contributed by atoms with van der Waals surface area (Å²) in [4.78, 5) is 53.0. The van der Waals surface area contributed by atoms with Crippen LogP contribution in [0.15, 0.2) is 48.7 Å². The molecule has 10 heteroatoms. The summed E-state index contributed by atoms with van der Waals surface area (Å²) in [5.41, 5.74) is 1.40. The Balaban J connectivity index is 1.65. The van der Waals surface area contributed by atoms with E-state index in [1.807, 2.05) is 0 Å². The molecule has 29 heavy (non-hydrogen) atoms. The highest BCUT2D eigenvalue weighted by atomic mass is 35.5. The fourth-order valence-corrected chi connectivity index (χ4v) is 3.08. The van der Waals surface area contributed by atoms with Gasteiger partial charge in [0.2, 0.25) is 0 Å². The minimum absolute atomic E-state index is 0.0747. The van der Waals surface area contributed by atoms with E-state index in [0.29, 0.717) is 10.6 Å². The van der Waals surface area contributed by atoms with Crippen LogP contribution in [0.3, 0.4) is 0 Å². The zero-order valence-corrected chi connectivity index (χ0v) is 16.1. The highest BCUT2D eigenvalue weighted by Crippen LogP contribution is 2.31. The Morgan fingerprint density at radius 2 is 1.97 bits per heavy atom. The van der Waals surface area contributed by atoms with Crippen LogP contribution < -0.4 is 10.7 Å². The summed E-state index contributed by atoms with van der Waals surface area (Å²) in [6.07, 6.45) is 1.60. The number of carbonyl (C=O) groups excluding carboxylic acids is 4. The molecule has 3 rings (SSSR count). The van der Waals surface area contributed by atoms with Gasteiger partial charge in [-0.2, -0.15) is 5.01 Å². The van der Waals surface area contributed by atoms with Crippen molar-refractivity contribution in [3.8, 4) is 0 Å². The molecular weight excluding hydrogens is 400 g/mol. The summed E-state index contributed by atoms with van der Waals surface area (Å²) in [5.74, 6) is -2.36. The third kappa shape index (κ3) is 4.04. The van der Waals surface area contributed by atoms with Crippen LogP contribution in [-0.2, 0) is 19.9 Å². The smallest absolute Gasteiger partial charge is 0.357 e. The van der Waals surface area contributed by atoms with Gasteiger partial charge in [0.15, 0.2) is 6.61 Å². The third-order valence-corrected chi connectivity index (χ3v) is 4.63. The third-order valence-electron chi connectivity index (χ3n) is 4.39. The number of ether oxygens (including phenoxy) is 1. The lowest BCUT2D eigenvalue weighted by molar-refractivity contribution is -0.140. The Kier molecular flexibility index (Phi) is 5.79. The van der Waals surface area contributed by atoms with Crippen LogP contribution in [0.2, 0.25) is 5.02 Å². The van der Waals surface area contributed by atoms with E-state index in [0.717, 1.165) is 0 Å². The first kappa shape index (κ1) is 20.3. The number of carbonyl (C=O) groups is 4. The first-order valence-corrected chi connectivity index (χ1v) is 9.05. The molecule has 1 aliphatic heterocycles. The average Bonchev–Trinajstić information content (AvgIpc) is 2.97. The van der Waals surface area contributed by atoms with Crippen LogP contribution in [0.5, 0.6) is 0 Å². The number of imide groups is 1. The van der Waals surface area contributed by atoms with Gasteiger partial charge in [-0.15, -0.1) is 0 Å². The minimum Gasteiger partial charge on any atom is -0.451 e. The summed E-state index contributed by atoms with van der Waals surface area (Å²) in [6.45, 7) is 1.03. The molecule has 1 aromatic heterocycles. The van der Waals surface area contributed by atoms with Gasteiger partial charge in [-0.3, -0.25) is 15.0 Å². The number of aromatic nitrogens is 1. The number of esters is 1. The SMILES string of the molecule is CC[C@]1(c2ccccc2)NC(=O)N(NC(=O)COC(=O)c2cc(Cl)ccn2)C1=O. The molecule has 2 N–H and O–H groups in total. The number of hydrogen-bond donors (Lipinski definition) is 2. The highest BCUT2D eigenvalue weighted by Gasteiger charge is 2.52. The second-order valence-corrected chi connectivity index (χ2v) is 6.60. The van der Waals surface area contributed by atoms with Crippen LogP contribution in [0.1, 0.15) is 29.4 Å². The van der Waals surface area contributed by atoms with Crippen molar-refractivity contribution in [2.45, 2.75) is 18.9 Å². The van der Waals surface area contributed by atoms with Gasteiger partial charge in [0.05, 0.1) is 0 Å². The lowest BCUT2D eigenvalue weighted by atomic mass is 9.87. The van der Waals surface area contributed by atoms with Crippen molar-refractivity contribution in [2.75, 3.05) is 6.61 Å². The molecule has 0 unspecified atom stereocenters. The van der Waals surface area contributed by atoms with E-state index in [1.54, 1.807) is 37.3 Å². The van der Waals surface area contributed by atoms with Crippen LogP contribution in [0.25, 0.3) is 0 Å². The lowest BCUT2D eigenvalue weighted by Crippen LogP contribution is -2.49. The number of hydrogen-bond acceptors (Lipinski definition) is 6. The number of benzene rings is 1. The zero-order chi connectivity index (χ0) is 21.0. The number of nitrogens with zero attached hydrogens (tertiary/aromatic N) is 2.